The summed E-state index contributed by atoms with van der Waals surface area (Å²) in [6.07, 6.45) is 10.5. The van der Waals surface area contributed by atoms with E-state index >= 15 is 0 Å². The molecule has 54 valence electrons. The van der Waals surface area contributed by atoms with Crippen LogP contribution in [0.4, 0.5) is 0 Å². The molecule has 0 bridgehead atoms. The lowest BCUT2D eigenvalue weighted by atomic mass is 9.91. The first-order valence-electron chi connectivity index (χ1n) is 3.62. The Kier molecular flexibility index (Phi) is 2.43. The predicted octanol–water partition coefficient (Wildman–Crippen LogP) is 2.07. The highest BCUT2D eigenvalue weighted by molar-refractivity contribution is 5.64. The maximum atomic E-state index is 4.00. The van der Waals surface area contributed by atoms with Gasteiger partial charge in [-0.1, -0.05) is 31.2 Å². The molecule has 0 amide bonds. The Morgan fingerprint density at radius 2 is 2.00 bits per heavy atom. The molecule has 0 heterocycles. The van der Waals surface area contributed by atoms with Crippen molar-refractivity contribution in [2.75, 3.05) is 7.05 Å². The van der Waals surface area contributed by atoms with E-state index in [1.807, 2.05) is 13.3 Å². The van der Waals surface area contributed by atoms with Crippen LogP contribution >= 0.6 is 0 Å². The van der Waals surface area contributed by atoms with Crippen molar-refractivity contribution in [3.63, 3.8) is 0 Å². The highest BCUT2D eigenvalue weighted by Gasteiger charge is 2.09. The van der Waals surface area contributed by atoms with Crippen LogP contribution in [0.1, 0.15) is 6.92 Å². The second kappa shape index (κ2) is 3.35. The van der Waals surface area contributed by atoms with E-state index in [0.29, 0.717) is 11.8 Å². The molecule has 0 spiro atoms. The summed E-state index contributed by atoms with van der Waals surface area (Å²) < 4.78 is 0. The number of nitrogens with zero attached hydrogens (tertiary/aromatic N) is 1. The number of aliphatic imine (C=N–C) groups is 1. The molecule has 1 nitrogen and oxygen atoms in total. The van der Waals surface area contributed by atoms with Gasteiger partial charge in [0.05, 0.1) is 0 Å². The monoisotopic (exact) mass is 135 g/mol. The molecule has 0 aliphatic heterocycles. The molecule has 0 N–H and O–H groups in total. The summed E-state index contributed by atoms with van der Waals surface area (Å²) in [6.45, 7) is 2.20. The molecular formula is C9H13N. The van der Waals surface area contributed by atoms with E-state index in [-0.39, 0.29) is 0 Å². The van der Waals surface area contributed by atoms with Crippen molar-refractivity contribution < 1.29 is 0 Å². The van der Waals surface area contributed by atoms with Crippen molar-refractivity contribution in [1.29, 1.82) is 0 Å². The van der Waals surface area contributed by atoms with E-state index < -0.39 is 0 Å². The summed E-state index contributed by atoms with van der Waals surface area (Å²) in [6, 6.07) is 0. The molecule has 1 rings (SSSR count). The van der Waals surface area contributed by atoms with Crippen molar-refractivity contribution in [2.24, 2.45) is 16.8 Å². The number of rotatable bonds is 1. The van der Waals surface area contributed by atoms with Gasteiger partial charge in [0.15, 0.2) is 0 Å². The molecule has 0 saturated carbocycles. The molecule has 1 heteroatoms. The topological polar surface area (TPSA) is 12.4 Å². The van der Waals surface area contributed by atoms with Gasteiger partial charge in [0.2, 0.25) is 0 Å². The van der Waals surface area contributed by atoms with Crippen LogP contribution < -0.4 is 0 Å². The van der Waals surface area contributed by atoms with Crippen molar-refractivity contribution in [1.82, 2.24) is 0 Å². The first-order valence-corrected chi connectivity index (χ1v) is 3.62. The highest BCUT2D eigenvalue weighted by Crippen LogP contribution is 2.16. The van der Waals surface area contributed by atoms with Gasteiger partial charge in [-0.3, -0.25) is 0 Å². The van der Waals surface area contributed by atoms with Gasteiger partial charge in [-0.15, -0.1) is 0 Å². The van der Waals surface area contributed by atoms with Crippen LogP contribution in [0, 0.1) is 11.8 Å². The van der Waals surface area contributed by atoms with E-state index in [0.717, 1.165) is 0 Å². The van der Waals surface area contributed by atoms with Gasteiger partial charge >= 0.3 is 0 Å². The fraction of sp³-hybridized carbons (Fsp3) is 0.444. The van der Waals surface area contributed by atoms with Crippen LogP contribution in [0.3, 0.4) is 0 Å². The van der Waals surface area contributed by atoms with Gasteiger partial charge in [0.25, 0.3) is 0 Å². The molecule has 1 unspecified atom stereocenters. The van der Waals surface area contributed by atoms with E-state index in [9.17, 15) is 0 Å². The van der Waals surface area contributed by atoms with Gasteiger partial charge in [0, 0.05) is 19.2 Å². The van der Waals surface area contributed by atoms with Crippen molar-refractivity contribution >= 4 is 6.21 Å². The molecule has 0 fully saturated rings. The summed E-state index contributed by atoms with van der Waals surface area (Å²) in [5, 5.41) is 0. The SMILES string of the molecule is C/N=C/[C@H]1C=CC=CC1C. The normalized spacial score (nSPS) is 31.8. The fourth-order valence-corrected chi connectivity index (χ4v) is 1.09. The van der Waals surface area contributed by atoms with Gasteiger partial charge < -0.3 is 4.99 Å². The smallest absolute Gasteiger partial charge is 0.0273 e. The molecule has 2 atom stereocenters. The fourth-order valence-electron chi connectivity index (χ4n) is 1.09. The Hall–Kier alpha value is -0.850. The summed E-state index contributed by atoms with van der Waals surface area (Å²) in [7, 11) is 1.82. The van der Waals surface area contributed by atoms with Crippen molar-refractivity contribution in [3.8, 4) is 0 Å². The number of hydrogen-bond donors (Lipinski definition) is 0. The van der Waals surface area contributed by atoms with E-state index in [2.05, 4.69) is 36.2 Å². The number of hydrogen-bond acceptors (Lipinski definition) is 1. The first kappa shape index (κ1) is 7.26. The van der Waals surface area contributed by atoms with Gasteiger partial charge in [-0.25, -0.2) is 0 Å². The maximum absolute atomic E-state index is 4.00. The molecule has 0 aromatic heterocycles. The van der Waals surface area contributed by atoms with Crippen LogP contribution in [0.5, 0.6) is 0 Å². The lowest BCUT2D eigenvalue weighted by Gasteiger charge is -2.14. The molecule has 0 saturated heterocycles. The standard InChI is InChI=1S/C9H13N/c1-8-5-3-4-6-9(8)7-10-2/h3-9H,1-2H3/b10-7+/t8?,9-/m1/s1. The second-order valence-corrected chi connectivity index (χ2v) is 2.61. The lowest BCUT2D eigenvalue weighted by Crippen LogP contribution is -2.09. The third-order valence-corrected chi connectivity index (χ3v) is 1.79. The van der Waals surface area contributed by atoms with E-state index in [1.54, 1.807) is 0 Å². The zero-order valence-electron chi connectivity index (χ0n) is 6.49. The summed E-state index contributed by atoms with van der Waals surface area (Å²) in [5.41, 5.74) is 0. The third-order valence-electron chi connectivity index (χ3n) is 1.79. The van der Waals surface area contributed by atoms with Crippen LogP contribution in [0.15, 0.2) is 29.3 Å². The van der Waals surface area contributed by atoms with Crippen LogP contribution in [-0.2, 0) is 0 Å². The average Bonchev–Trinajstić information content (AvgIpc) is 1.94. The van der Waals surface area contributed by atoms with Crippen LogP contribution in [-0.4, -0.2) is 13.3 Å². The van der Waals surface area contributed by atoms with Gasteiger partial charge in [0.1, 0.15) is 0 Å². The first-order chi connectivity index (χ1) is 4.84. The zero-order chi connectivity index (χ0) is 7.40. The predicted molar refractivity (Wildman–Crippen MR) is 45.4 cm³/mol. The van der Waals surface area contributed by atoms with Gasteiger partial charge in [-0.2, -0.15) is 0 Å². The van der Waals surface area contributed by atoms with E-state index in [1.165, 1.54) is 0 Å². The zero-order valence-corrected chi connectivity index (χ0v) is 6.49. The quantitative estimate of drug-likeness (QED) is 0.488. The Morgan fingerprint density at radius 3 is 2.60 bits per heavy atom. The summed E-state index contributed by atoms with van der Waals surface area (Å²) in [4.78, 5) is 4.00. The minimum Gasteiger partial charge on any atom is -0.300 e. The van der Waals surface area contributed by atoms with Crippen molar-refractivity contribution in [3.05, 3.63) is 24.3 Å². The Balaban J connectivity index is 2.61. The van der Waals surface area contributed by atoms with Crippen LogP contribution in [0.25, 0.3) is 0 Å². The molecule has 1 aliphatic carbocycles. The molecule has 0 radical (unpaired) electrons. The number of allylic oxidation sites excluding steroid dienone is 4. The Bertz CT molecular complexity index is 177. The molecule has 10 heavy (non-hydrogen) atoms. The highest BCUT2D eigenvalue weighted by atomic mass is 14.6. The third kappa shape index (κ3) is 1.56. The lowest BCUT2D eigenvalue weighted by molar-refractivity contribution is 0.645. The molecule has 0 aromatic rings. The summed E-state index contributed by atoms with van der Waals surface area (Å²) in [5.74, 6) is 1.11. The second-order valence-electron chi connectivity index (χ2n) is 2.61. The van der Waals surface area contributed by atoms with Crippen molar-refractivity contribution in [2.45, 2.75) is 6.92 Å². The molecular weight excluding hydrogens is 122 g/mol. The maximum Gasteiger partial charge on any atom is 0.0273 e. The summed E-state index contributed by atoms with van der Waals surface area (Å²) >= 11 is 0. The Morgan fingerprint density at radius 1 is 1.30 bits per heavy atom. The molecule has 0 aromatic carbocycles. The largest absolute Gasteiger partial charge is 0.300 e. The van der Waals surface area contributed by atoms with E-state index in [4.69, 9.17) is 0 Å². The average molecular weight is 135 g/mol. The van der Waals surface area contributed by atoms with Gasteiger partial charge in [-0.05, 0) is 5.92 Å². The minimum absolute atomic E-state index is 0.509. The van der Waals surface area contributed by atoms with Crippen LogP contribution in [0.2, 0.25) is 0 Å². The Labute approximate surface area is 62.2 Å². The molecule has 1 aliphatic rings. The minimum atomic E-state index is 0.509.